The van der Waals surface area contributed by atoms with Crippen LogP contribution in [-0.4, -0.2) is 76.6 Å². The van der Waals surface area contributed by atoms with Crippen LogP contribution in [0.1, 0.15) is 26.5 Å². The highest BCUT2D eigenvalue weighted by Gasteiger charge is 2.24. The molecule has 1 aromatic rings. The van der Waals surface area contributed by atoms with Gasteiger partial charge in [0.05, 0.1) is 32.1 Å². The predicted molar refractivity (Wildman–Crippen MR) is 108 cm³/mol. The molecule has 2 heterocycles. The van der Waals surface area contributed by atoms with E-state index in [-0.39, 0.29) is 11.5 Å². The number of methoxy groups -OCH3 is 1. The largest absolute Gasteiger partial charge is 0.469 e. The smallest absolute Gasteiger partial charge is 0.191 e. The lowest BCUT2D eigenvalue weighted by Gasteiger charge is -2.28. The van der Waals surface area contributed by atoms with Crippen LogP contribution in [0.5, 0.6) is 0 Å². The van der Waals surface area contributed by atoms with Crippen LogP contribution in [0.25, 0.3) is 0 Å². The second kappa shape index (κ2) is 11.3. The molecule has 0 amide bonds. The Labute approximate surface area is 163 Å². The summed E-state index contributed by atoms with van der Waals surface area (Å²) < 4.78 is 16.4. The zero-order valence-electron chi connectivity index (χ0n) is 17.3. The zero-order valence-corrected chi connectivity index (χ0v) is 17.3. The zero-order chi connectivity index (χ0) is 19.5. The van der Waals surface area contributed by atoms with E-state index < -0.39 is 0 Å². The minimum Gasteiger partial charge on any atom is -0.469 e. The van der Waals surface area contributed by atoms with Crippen molar-refractivity contribution in [3.05, 3.63) is 24.2 Å². The van der Waals surface area contributed by atoms with Crippen LogP contribution in [0.15, 0.2) is 27.8 Å². The number of morpholine rings is 1. The number of aliphatic imine (C=N–C) groups is 1. The molecule has 1 aromatic heterocycles. The van der Waals surface area contributed by atoms with Crippen molar-refractivity contribution in [2.24, 2.45) is 10.4 Å². The number of rotatable bonds is 9. The van der Waals surface area contributed by atoms with Crippen LogP contribution >= 0.6 is 0 Å². The van der Waals surface area contributed by atoms with Crippen molar-refractivity contribution in [3.8, 4) is 0 Å². The maximum Gasteiger partial charge on any atom is 0.191 e. The number of hydrogen-bond acceptors (Lipinski definition) is 5. The summed E-state index contributed by atoms with van der Waals surface area (Å²) in [7, 11) is 1.75. The first-order chi connectivity index (χ1) is 13.0. The molecule has 1 atom stereocenters. The Kier molecular flexibility index (Phi) is 9.10. The third kappa shape index (κ3) is 8.32. The molecule has 7 heteroatoms. The van der Waals surface area contributed by atoms with E-state index in [0.29, 0.717) is 6.54 Å². The van der Waals surface area contributed by atoms with Crippen molar-refractivity contribution in [2.75, 3.05) is 59.6 Å². The van der Waals surface area contributed by atoms with E-state index >= 15 is 0 Å². The van der Waals surface area contributed by atoms with E-state index in [4.69, 9.17) is 18.9 Å². The minimum atomic E-state index is 0.0470. The number of nitrogens with one attached hydrogen (secondary N) is 2. The quantitative estimate of drug-likeness (QED) is 0.502. The lowest BCUT2D eigenvalue weighted by Crippen LogP contribution is -2.45. The summed E-state index contributed by atoms with van der Waals surface area (Å²) in [4.78, 5) is 7.17. The summed E-state index contributed by atoms with van der Waals surface area (Å²) in [6.07, 6.45) is 2.60. The minimum absolute atomic E-state index is 0.0470. The molecule has 0 spiro atoms. The van der Waals surface area contributed by atoms with Crippen LogP contribution in [-0.2, 0) is 15.9 Å². The fraction of sp³-hybridized carbons (Fsp3) is 0.750. The van der Waals surface area contributed by atoms with Crippen molar-refractivity contribution in [1.29, 1.82) is 0 Å². The van der Waals surface area contributed by atoms with Crippen LogP contribution in [0, 0.1) is 5.41 Å². The van der Waals surface area contributed by atoms with Gasteiger partial charge in [-0.2, -0.15) is 0 Å². The summed E-state index contributed by atoms with van der Waals surface area (Å²) in [6.45, 7) is 13.4. The Morgan fingerprint density at radius 1 is 1.26 bits per heavy atom. The van der Waals surface area contributed by atoms with E-state index in [1.54, 1.807) is 13.4 Å². The van der Waals surface area contributed by atoms with Crippen molar-refractivity contribution in [2.45, 2.75) is 33.3 Å². The second-order valence-corrected chi connectivity index (χ2v) is 7.92. The summed E-state index contributed by atoms with van der Waals surface area (Å²) in [5.41, 5.74) is 0.0470. The molecule has 0 radical (unpaired) electrons. The molecule has 1 saturated heterocycles. The molecule has 0 saturated carbocycles. The fourth-order valence-electron chi connectivity index (χ4n) is 2.97. The number of ether oxygens (including phenoxy) is 2. The number of guanidine groups is 1. The molecule has 0 bridgehead atoms. The molecule has 2 N–H and O–H groups in total. The summed E-state index contributed by atoms with van der Waals surface area (Å²) in [6, 6.07) is 3.91. The Hall–Kier alpha value is -1.57. The highest BCUT2D eigenvalue weighted by molar-refractivity contribution is 5.79. The standard InChI is InChI=1S/C20H36N4O3/c1-20(2,3)18(25-4)16-23-19(21-8-7-17-6-5-13-27-17)22-9-10-24-11-14-26-15-12-24/h5-6,13,18H,7-12,14-16H2,1-4H3,(H2,21,22,23). The van der Waals surface area contributed by atoms with Crippen LogP contribution in [0.2, 0.25) is 0 Å². The normalized spacial score (nSPS) is 17.7. The maximum absolute atomic E-state index is 5.63. The van der Waals surface area contributed by atoms with Gasteiger partial charge in [0.2, 0.25) is 0 Å². The van der Waals surface area contributed by atoms with E-state index in [9.17, 15) is 0 Å². The Balaban J connectivity index is 1.84. The Morgan fingerprint density at radius 3 is 2.63 bits per heavy atom. The van der Waals surface area contributed by atoms with E-state index in [2.05, 4.69) is 36.3 Å². The van der Waals surface area contributed by atoms with Gasteiger partial charge in [0.15, 0.2) is 5.96 Å². The Bertz CT molecular complexity index is 534. The molecule has 1 aliphatic heterocycles. The molecule has 7 nitrogen and oxygen atoms in total. The van der Waals surface area contributed by atoms with Gasteiger partial charge < -0.3 is 24.5 Å². The summed E-state index contributed by atoms with van der Waals surface area (Å²) in [5.74, 6) is 1.79. The van der Waals surface area contributed by atoms with E-state index in [1.165, 1.54) is 0 Å². The van der Waals surface area contributed by atoms with Gasteiger partial charge in [0, 0.05) is 46.3 Å². The third-order valence-corrected chi connectivity index (χ3v) is 4.73. The molecule has 0 aromatic carbocycles. The first-order valence-corrected chi connectivity index (χ1v) is 9.86. The van der Waals surface area contributed by atoms with E-state index in [0.717, 1.165) is 64.1 Å². The van der Waals surface area contributed by atoms with E-state index in [1.807, 2.05) is 12.1 Å². The lowest BCUT2D eigenvalue weighted by molar-refractivity contribution is 0.0241. The highest BCUT2D eigenvalue weighted by Crippen LogP contribution is 2.21. The van der Waals surface area contributed by atoms with Crippen LogP contribution in [0.3, 0.4) is 0 Å². The molecular weight excluding hydrogens is 344 g/mol. The number of nitrogens with zero attached hydrogens (tertiary/aromatic N) is 2. The van der Waals surface area contributed by atoms with Crippen LogP contribution in [0.4, 0.5) is 0 Å². The number of furan rings is 1. The van der Waals surface area contributed by atoms with Crippen molar-refractivity contribution in [1.82, 2.24) is 15.5 Å². The molecule has 1 aliphatic rings. The highest BCUT2D eigenvalue weighted by atomic mass is 16.5. The summed E-state index contributed by atoms with van der Waals surface area (Å²) in [5, 5.41) is 6.86. The average molecular weight is 381 g/mol. The van der Waals surface area contributed by atoms with Gasteiger partial charge in [-0.25, -0.2) is 0 Å². The van der Waals surface area contributed by atoms with Crippen molar-refractivity contribution in [3.63, 3.8) is 0 Å². The molecule has 2 rings (SSSR count). The molecular formula is C20H36N4O3. The van der Waals surface area contributed by atoms with Gasteiger partial charge >= 0.3 is 0 Å². The molecule has 154 valence electrons. The SMILES string of the molecule is COC(CN=C(NCCc1ccco1)NCCN1CCOCC1)C(C)(C)C. The maximum atomic E-state index is 5.63. The van der Waals surface area contributed by atoms with Gasteiger partial charge in [0.1, 0.15) is 5.76 Å². The lowest BCUT2D eigenvalue weighted by atomic mass is 9.89. The first-order valence-electron chi connectivity index (χ1n) is 9.86. The van der Waals surface area contributed by atoms with Crippen LogP contribution < -0.4 is 10.6 Å². The molecule has 1 unspecified atom stereocenters. The predicted octanol–water partition coefficient (Wildman–Crippen LogP) is 1.75. The first kappa shape index (κ1) is 21.7. The second-order valence-electron chi connectivity index (χ2n) is 7.92. The summed E-state index contributed by atoms with van der Waals surface area (Å²) >= 11 is 0. The fourth-order valence-corrected chi connectivity index (χ4v) is 2.97. The topological polar surface area (TPSA) is 71.3 Å². The Morgan fingerprint density at radius 2 is 2.00 bits per heavy atom. The monoisotopic (exact) mass is 380 g/mol. The van der Waals surface area contributed by atoms with Crippen molar-refractivity contribution < 1.29 is 13.9 Å². The van der Waals surface area contributed by atoms with Crippen molar-refractivity contribution >= 4 is 5.96 Å². The molecule has 27 heavy (non-hydrogen) atoms. The molecule has 0 aliphatic carbocycles. The average Bonchev–Trinajstić information content (AvgIpc) is 3.15. The van der Waals surface area contributed by atoms with Gasteiger partial charge in [-0.05, 0) is 17.5 Å². The number of hydrogen-bond donors (Lipinski definition) is 2. The van der Waals surface area contributed by atoms with Gasteiger partial charge in [-0.1, -0.05) is 20.8 Å². The van der Waals surface area contributed by atoms with Gasteiger partial charge in [0.25, 0.3) is 0 Å². The third-order valence-electron chi connectivity index (χ3n) is 4.73. The molecule has 1 fully saturated rings. The van der Waals surface area contributed by atoms with Gasteiger partial charge in [-0.3, -0.25) is 9.89 Å². The van der Waals surface area contributed by atoms with Gasteiger partial charge in [-0.15, -0.1) is 0 Å².